The van der Waals surface area contributed by atoms with Gasteiger partial charge in [0.15, 0.2) is 6.29 Å². The third-order valence-electron chi connectivity index (χ3n) is 19.2. The van der Waals surface area contributed by atoms with Gasteiger partial charge in [-0.05, 0) is 121 Å². The zero-order chi connectivity index (χ0) is 41.8. The Morgan fingerprint density at radius 1 is 0.860 bits per heavy atom. The third kappa shape index (κ3) is 7.54. The second-order valence-corrected chi connectivity index (χ2v) is 22.6. The molecule has 0 aromatic carbocycles. The lowest BCUT2D eigenvalue weighted by molar-refractivity contribution is -0.293. The van der Waals surface area contributed by atoms with Crippen molar-refractivity contribution >= 4 is 18.2 Å². The van der Waals surface area contributed by atoms with E-state index in [1.165, 1.54) is 44.0 Å². The van der Waals surface area contributed by atoms with E-state index in [9.17, 15) is 19.5 Å². The molecule has 0 aromatic rings. The molecule has 7 nitrogen and oxygen atoms in total. The number of allylic oxidation sites excluding steroid dienone is 2. The van der Waals surface area contributed by atoms with Gasteiger partial charge in [-0.25, -0.2) is 0 Å². The molecule has 4 saturated carbocycles. The van der Waals surface area contributed by atoms with Crippen LogP contribution in [0.5, 0.6) is 0 Å². The number of aliphatic carboxylic acids is 1. The molecule has 6 rings (SSSR count). The number of carboxylic acid groups (broad SMARTS) is 1. The van der Waals surface area contributed by atoms with Crippen molar-refractivity contribution in [1.29, 1.82) is 0 Å². The molecule has 324 valence electrons. The molecule has 0 spiro atoms. The number of hydrogen-bond donors (Lipinski definition) is 2. The number of carboxylic acids is 1. The number of ether oxygens (including phenoxy) is 2. The maximum absolute atomic E-state index is 13.6. The lowest BCUT2D eigenvalue weighted by atomic mass is 9.32. The first-order valence-corrected chi connectivity index (χ1v) is 23.7. The molecule has 0 bridgehead atoms. The fraction of sp³-hybridized carbons (Fsp3) is 0.900. The molecule has 2 N–H and O–H groups in total. The molecule has 7 unspecified atom stereocenters. The summed E-state index contributed by atoms with van der Waals surface area (Å²) in [6.45, 7) is 26.1. The summed E-state index contributed by atoms with van der Waals surface area (Å²) in [5.74, 6) is 1.07. The van der Waals surface area contributed by atoms with Crippen LogP contribution < -0.4 is 5.32 Å². The van der Waals surface area contributed by atoms with Gasteiger partial charge in [-0.3, -0.25) is 9.59 Å². The zero-order valence-corrected chi connectivity index (χ0v) is 38.1. The minimum absolute atomic E-state index is 0.0131. The molecule has 5 fully saturated rings. The Labute approximate surface area is 347 Å². The van der Waals surface area contributed by atoms with Gasteiger partial charge in [0.25, 0.3) is 0 Å². The number of fused-ring (bicyclic) bond motifs is 7. The van der Waals surface area contributed by atoms with Gasteiger partial charge in [0, 0.05) is 18.9 Å². The highest BCUT2D eigenvalue weighted by molar-refractivity contribution is 5.77. The van der Waals surface area contributed by atoms with Crippen LogP contribution >= 0.6 is 0 Å². The summed E-state index contributed by atoms with van der Waals surface area (Å²) in [4.78, 5) is 39.8. The fourth-order valence-electron chi connectivity index (χ4n) is 14.9. The van der Waals surface area contributed by atoms with E-state index in [1.807, 2.05) is 0 Å². The minimum atomic E-state index is -0.678. The quantitative estimate of drug-likeness (QED) is 0.0786. The average Bonchev–Trinajstić information content (AvgIpc) is 3.15. The van der Waals surface area contributed by atoms with E-state index in [-0.39, 0.29) is 69.4 Å². The van der Waals surface area contributed by atoms with Gasteiger partial charge < -0.3 is 24.7 Å². The monoisotopic (exact) mass is 794 g/mol. The first-order chi connectivity index (χ1) is 26.8. The number of rotatable bonds is 14. The van der Waals surface area contributed by atoms with Crippen LogP contribution in [0.2, 0.25) is 0 Å². The molecule has 5 aliphatic carbocycles. The highest BCUT2D eigenvalue weighted by Gasteiger charge is 2.71. The van der Waals surface area contributed by atoms with Crippen molar-refractivity contribution in [3.8, 4) is 0 Å². The molecule has 0 radical (unpaired) electrons. The maximum Gasteiger partial charge on any atom is 0.310 e. The molecule has 6 aliphatic rings. The number of nitrogens with one attached hydrogen (secondary N) is 1. The molecule has 15 atom stereocenters. The van der Waals surface area contributed by atoms with Gasteiger partial charge in [0.1, 0.15) is 6.29 Å². The highest BCUT2D eigenvalue weighted by Crippen LogP contribution is 2.76. The van der Waals surface area contributed by atoms with Crippen LogP contribution in [-0.2, 0) is 23.9 Å². The van der Waals surface area contributed by atoms with E-state index >= 15 is 0 Å². The van der Waals surface area contributed by atoms with Crippen molar-refractivity contribution < 1.29 is 29.0 Å². The molecule has 57 heavy (non-hydrogen) atoms. The second kappa shape index (κ2) is 16.6. The molecular weight excluding hydrogens is 711 g/mol. The number of amides is 1. The Morgan fingerprint density at radius 3 is 2.21 bits per heavy atom. The van der Waals surface area contributed by atoms with Crippen LogP contribution in [0.3, 0.4) is 0 Å². The lowest BCUT2D eigenvalue weighted by Crippen LogP contribution is -2.67. The Hall–Kier alpha value is -1.73. The Bertz CT molecular complexity index is 1510. The lowest BCUT2D eigenvalue weighted by Gasteiger charge is -2.71. The summed E-state index contributed by atoms with van der Waals surface area (Å²) in [5.41, 5.74) is 0.128. The van der Waals surface area contributed by atoms with Crippen LogP contribution in [-0.4, -0.2) is 48.3 Å². The topological polar surface area (TPSA) is 102 Å². The van der Waals surface area contributed by atoms with Gasteiger partial charge in [-0.2, -0.15) is 0 Å². The van der Waals surface area contributed by atoms with Crippen molar-refractivity contribution in [2.24, 2.45) is 73.9 Å². The third-order valence-corrected chi connectivity index (χ3v) is 19.2. The minimum Gasteiger partial charge on any atom is -0.481 e. The highest BCUT2D eigenvalue weighted by atomic mass is 16.7. The van der Waals surface area contributed by atoms with E-state index in [0.29, 0.717) is 24.8 Å². The predicted octanol–water partition coefficient (Wildman–Crippen LogP) is 11.6. The van der Waals surface area contributed by atoms with Crippen molar-refractivity contribution in [1.82, 2.24) is 5.32 Å². The predicted molar refractivity (Wildman–Crippen MR) is 228 cm³/mol. The van der Waals surface area contributed by atoms with E-state index in [1.54, 1.807) is 0 Å². The SMILES string of the molecule is CCCCCCCCCC(=O)NCC1O[C@@H](O[C@H]2CCC3(C)C4CC=C5C6CC(C)(C)CC[C@]6(C(=O)O)C(C)C[C@@]5(C)[C@]4(C)CC[C@H]3C2(C)C=O)C(C)[C@@H](C)[C@@H]1C. The van der Waals surface area contributed by atoms with Gasteiger partial charge in [0.2, 0.25) is 5.91 Å². The Kier molecular flexibility index (Phi) is 13.1. The van der Waals surface area contributed by atoms with Crippen LogP contribution in [0, 0.1) is 73.9 Å². The summed E-state index contributed by atoms with van der Waals surface area (Å²) in [5, 5.41) is 14.1. The smallest absolute Gasteiger partial charge is 0.310 e. The maximum atomic E-state index is 13.6. The fourth-order valence-corrected chi connectivity index (χ4v) is 14.9. The summed E-state index contributed by atoms with van der Waals surface area (Å²) in [6, 6.07) is 0. The molecule has 7 heteroatoms. The number of carbonyl (C=O) groups is 3. The molecule has 1 aliphatic heterocycles. The van der Waals surface area contributed by atoms with E-state index in [0.717, 1.165) is 70.6 Å². The van der Waals surface area contributed by atoms with E-state index in [2.05, 4.69) is 87.6 Å². The van der Waals surface area contributed by atoms with Crippen molar-refractivity contribution in [3.05, 3.63) is 11.6 Å². The molecule has 0 aromatic heterocycles. The standard InChI is InChI=1S/C50H83NO6/c1-12-13-14-15-16-17-18-19-42(53)51-30-38-34(4)33(3)35(5)43(56-38)57-41-23-24-46(8)39(47(41,9)31-52)22-25-48(10)40(46)21-20-36-37-29-45(6,7)26-27-50(37,44(54)55)32(2)28-49(36,48)11/h20,31-35,37-41,43H,12-19,21-30H2,1-11H3,(H,51,53)(H,54,55)/t32?,33-,34-,35?,37?,38?,39+,40?,41-,43-,46?,47?,48+,49+,50-/m0/s1. The second-order valence-electron chi connectivity index (χ2n) is 22.6. The van der Waals surface area contributed by atoms with Crippen LogP contribution in [0.4, 0.5) is 0 Å². The molecule has 1 heterocycles. The van der Waals surface area contributed by atoms with E-state index in [4.69, 9.17) is 9.47 Å². The number of hydrogen-bond acceptors (Lipinski definition) is 5. The van der Waals surface area contributed by atoms with Crippen LogP contribution in [0.25, 0.3) is 0 Å². The number of aldehydes is 1. The molecule has 1 saturated heterocycles. The van der Waals surface area contributed by atoms with Gasteiger partial charge in [0.05, 0.1) is 23.0 Å². The number of unbranched alkanes of at least 4 members (excludes halogenated alkanes) is 6. The average molecular weight is 794 g/mol. The van der Waals surface area contributed by atoms with Crippen molar-refractivity contribution in [2.75, 3.05) is 6.54 Å². The first kappa shape index (κ1) is 44.8. The van der Waals surface area contributed by atoms with Crippen LogP contribution in [0.1, 0.15) is 185 Å². The summed E-state index contributed by atoms with van der Waals surface area (Å²) >= 11 is 0. The Morgan fingerprint density at radius 2 is 1.54 bits per heavy atom. The van der Waals surface area contributed by atoms with Crippen molar-refractivity contribution in [2.45, 2.75) is 204 Å². The van der Waals surface area contributed by atoms with Gasteiger partial charge >= 0.3 is 5.97 Å². The van der Waals surface area contributed by atoms with Crippen LogP contribution in [0.15, 0.2) is 11.6 Å². The number of carbonyl (C=O) groups excluding carboxylic acids is 2. The first-order valence-electron chi connectivity index (χ1n) is 23.7. The van der Waals surface area contributed by atoms with E-state index < -0.39 is 23.1 Å². The van der Waals surface area contributed by atoms with Gasteiger partial charge in [-0.1, -0.05) is 126 Å². The normalized spacial score (nSPS) is 46.3. The summed E-state index contributed by atoms with van der Waals surface area (Å²) in [6.07, 6.45) is 20.3. The molecular formula is C50H83NO6. The van der Waals surface area contributed by atoms with Crippen molar-refractivity contribution in [3.63, 3.8) is 0 Å². The van der Waals surface area contributed by atoms with Gasteiger partial charge in [-0.15, -0.1) is 0 Å². The summed E-state index contributed by atoms with van der Waals surface area (Å²) < 4.78 is 13.9. The summed E-state index contributed by atoms with van der Waals surface area (Å²) in [7, 11) is 0. The molecule has 1 amide bonds. The Balaban J connectivity index is 1.16. The largest absolute Gasteiger partial charge is 0.481 e. The zero-order valence-electron chi connectivity index (χ0n) is 38.1.